The van der Waals surface area contributed by atoms with E-state index in [1.165, 1.54) is 13.2 Å². The third-order valence-corrected chi connectivity index (χ3v) is 4.30. The predicted octanol–water partition coefficient (Wildman–Crippen LogP) is 2.84. The van der Waals surface area contributed by atoms with Gasteiger partial charge in [-0.25, -0.2) is 9.59 Å². The number of nitrogens with zero attached hydrogens (tertiary/aromatic N) is 1. The second-order valence-electron chi connectivity index (χ2n) is 5.98. The summed E-state index contributed by atoms with van der Waals surface area (Å²) in [6.45, 7) is 1.62. The average molecular weight is 367 g/mol. The molecule has 2 N–H and O–H groups in total. The molecule has 1 heterocycles. The van der Waals surface area contributed by atoms with Crippen molar-refractivity contribution in [3.8, 4) is 0 Å². The fraction of sp³-hybridized carbons (Fsp3) is 0.158. The standard InChI is InChI=1S/C19H17N3O5/c1-11-8-9-13(10-14(11)22(25)26)17-15(18(23)27-2)16(20-19(24)21-17)12-6-4-3-5-7-12/h3-10,17H,1-2H3,(H2,20,21,24). The van der Waals surface area contributed by atoms with Crippen LogP contribution in [0.3, 0.4) is 0 Å². The van der Waals surface area contributed by atoms with Crippen LogP contribution in [-0.2, 0) is 9.53 Å². The van der Waals surface area contributed by atoms with Crippen LogP contribution < -0.4 is 10.6 Å². The van der Waals surface area contributed by atoms with Gasteiger partial charge in [-0.15, -0.1) is 0 Å². The van der Waals surface area contributed by atoms with Gasteiger partial charge in [0.2, 0.25) is 0 Å². The van der Waals surface area contributed by atoms with Gasteiger partial charge in [-0.1, -0.05) is 42.5 Å². The van der Waals surface area contributed by atoms with Crippen molar-refractivity contribution in [2.24, 2.45) is 0 Å². The second-order valence-corrected chi connectivity index (χ2v) is 5.98. The summed E-state index contributed by atoms with van der Waals surface area (Å²) in [6, 6.07) is 12.0. The van der Waals surface area contributed by atoms with E-state index in [1.807, 2.05) is 6.07 Å². The Morgan fingerprint density at radius 3 is 2.52 bits per heavy atom. The maximum atomic E-state index is 12.5. The molecule has 27 heavy (non-hydrogen) atoms. The zero-order valence-corrected chi connectivity index (χ0v) is 14.7. The summed E-state index contributed by atoms with van der Waals surface area (Å²) in [5, 5.41) is 16.6. The molecule has 2 aromatic carbocycles. The Hall–Kier alpha value is -3.68. The van der Waals surface area contributed by atoms with E-state index in [4.69, 9.17) is 4.74 Å². The Labute approximate surface area is 155 Å². The Balaban J connectivity index is 2.21. The first-order valence-electron chi connectivity index (χ1n) is 8.12. The van der Waals surface area contributed by atoms with Crippen LogP contribution in [0, 0.1) is 17.0 Å². The lowest BCUT2D eigenvalue weighted by Gasteiger charge is -2.29. The average Bonchev–Trinajstić information content (AvgIpc) is 2.67. The Bertz CT molecular complexity index is 953. The highest BCUT2D eigenvalue weighted by Gasteiger charge is 2.34. The molecule has 1 aliphatic heterocycles. The topological polar surface area (TPSA) is 111 Å². The summed E-state index contributed by atoms with van der Waals surface area (Å²) in [4.78, 5) is 35.5. The number of carbonyl (C=O) groups is 2. The molecule has 0 fully saturated rings. The molecule has 2 aromatic rings. The van der Waals surface area contributed by atoms with E-state index >= 15 is 0 Å². The van der Waals surface area contributed by atoms with Crippen molar-refractivity contribution < 1.29 is 19.2 Å². The van der Waals surface area contributed by atoms with Crippen molar-refractivity contribution in [3.05, 3.63) is 80.9 Å². The normalized spacial score (nSPS) is 16.4. The molecule has 3 rings (SSSR count). The van der Waals surface area contributed by atoms with Crippen LogP contribution in [0.5, 0.6) is 0 Å². The number of benzene rings is 2. The summed E-state index contributed by atoms with van der Waals surface area (Å²) in [5.74, 6) is -0.644. The molecular formula is C19H17N3O5. The Morgan fingerprint density at radius 2 is 1.89 bits per heavy atom. The van der Waals surface area contributed by atoms with Crippen LogP contribution in [0.1, 0.15) is 22.7 Å². The first-order valence-corrected chi connectivity index (χ1v) is 8.12. The van der Waals surface area contributed by atoms with Gasteiger partial charge in [0, 0.05) is 11.6 Å². The van der Waals surface area contributed by atoms with Gasteiger partial charge in [-0.05, 0) is 18.1 Å². The second kappa shape index (κ2) is 7.28. The molecule has 0 saturated heterocycles. The quantitative estimate of drug-likeness (QED) is 0.490. The van der Waals surface area contributed by atoms with Crippen LogP contribution in [0.2, 0.25) is 0 Å². The molecule has 2 amide bonds. The molecule has 1 unspecified atom stereocenters. The third-order valence-electron chi connectivity index (χ3n) is 4.30. The van der Waals surface area contributed by atoms with Crippen LogP contribution in [-0.4, -0.2) is 24.0 Å². The number of aryl methyl sites for hydroxylation is 1. The molecule has 138 valence electrons. The van der Waals surface area contributed by atoms with Gasteiger partial charge in [-0.3, -0.25) is 10.1 Å². The SMILES string of the molecule is COC(=O)C1=C(c2ccccc2)NC(=O)NC1c1ccc(C)c([N+](=O)[O-])c1. The number of rotatable bonds is 4. The number of nitro groups is 1. The summed E-state index contributed by atoms with van der Waals surface area (Å²) in [7, 11) is 1.24. The molecule has 1 aliphatic rings. The highest BCUT2D eigenvalue weighted by Crippen LogP contribution is 2.33. The number of nitro benzene ring substituents is 1. The number of ether oxygens (including phenoxy) is 1. The van der Waals surface area contributed by atoms with Crippen LogP contribution >= 0.6 is 0 Å². The van der Waals surface area contributed by atoms with Crippen LogP contribution in [0.25, 0.3) is 5.70 Å². The van der Waals surface area contributed by atoms with Crippen LogP contribution in [0.4, 0.5) is 10.5 Å². The predicted molar refractivity (Wildman–Crippen MR) is 97.6 cm³/mol. The van der Waals surface area contributed by atoms with Gasteiger partial charge in [0.05, 0.1) is 29.3 Å². The molecule has 0 aromatic heterocycles. The summed E-state index contributed by atoms with van der Waals surface area (Å²) >= 11 is 0. The number of amides is 2. The largest absolute Gasteiger partial charge is 0.466 e. The minimum atomic E-state index is -0.888. The molecule has 1 atom stereocenters. The Morgan fingerprint density at radius 1 is 1.19 bits per heavy atom. The van der Waals surface area contributed by atoms with E-state index in [9.17, 15) is 19.7 Å². The van der Waals surface area contributed by atoms with Crippen molar-refractivity contribution in [2.75, 3.05) is 7.11 Å². The number of hydrogen-bond donors (Lipinski definition) is 2. The van der Waals surface area contributed by atoms with Gasteiger partial charge in [0.1, 0.15) is 0 Å². The van der Waals surface area contributed by atoms with Crippen molar-refractivity contribution in [1.82, 2.24) is 10.6 Å². The molecular weight excluding hydrogens is 350 g/mol. The Kier molecular flexibility index (Phi) is 4.89. The summed E-state index contributed by atoms with van der Waals surface area (Å²) in [5.41, 5.74) is 1.90. The molecule has 8 heteroatoms. The lowest BCUT2D eigenvalue weighted by molar-refractivity contribution is -0.385. The fourth-order valence-electron chi connectivity index (χ4n) is 2.98. The minimum absolute atomic E-state index is 0.0919. The number of urea groups is 1. The fourth-order valence-corrected chi connectivity index (χ4v) is 2.98. The van der Waals surface area contributed by atoms with E-state index in [0.717, 1.165) is 0 Å². The number of carbonyl (C=O) groups excluding carboxylic acids is 2. The van der Waals surface area contributed by atoms with Gasteiger partial charge in [0.15, 0.2) is 0 Å². The van der Waals surface area contributed by atoms with Gasteiger partial charge >= 0.3 is 12.0 Å². The molecule has 0 bridgehead atoms. The maximum absolute atomic E-state index is 12.5. The smallest absolute Gasteiger partial charge is 0.338 e. The zero-order valence-electron chi connectivity index (χ0n) is 14.7. The number of methoxy groups -OCH3 is 1. The van der Waals surface area contributed by atoms with Gasteiger partial charge in [-0.2, -0.15) is 0 Å². The first kappa shape index (κ1) is 18.1. The van der Waals surface area contributed by atoms with Gasteiger partial charge in [0.25, 0.3) is 5.69 Å². The molecule has 0 radical (unpaired) electrons. The number of hydrogen-bond acceptors (Lipinski definition) is 5. The van der Waals surface area contributed by atoms with Crippen LogP contribution in [0.15, 0.2) is 54.1 Å². The van der Waals surface area contributed by atoms with Gasteiger partial charge < -0.3 is 15.4 Å². The zero-order chi connectivity index (χ0) is 19.6. The number of nitrogens with one attached hydrogen (secondary N) is 2. The van der Waals surface area contributed by atoms with E-state index < -0.39 is 23.0 Å². The first-order chi connectivity index (χ1) is 12.9. The molecule has 8 nitrogen and oxygen atoms in total. The number of esters is 1. The lowest BCUT2D eigenvalue weighted by Crippen LogP contribution is -2.45. The molecule has 0 spiro atoms. The van der Waals surface area contributed by atoms with Crippen molar-refractivity contribution in [3.63, 3.8) is 0 Å². The highest BCUT2D eigenvalue weighted by atomic mass is 16.6. The lowest BCUT2D eigenvalue weighted by atomic mass is 9.92. The van der Waals surface area contributed by atoms with E-state index in [-0.39, 0.29) is 11.3 Å². The van der Waals surface area contributed by atoms with Crippen molar-refractivity contribution in [2.45, 2.75) is 13.0 Å². The maximum Gasteiger partial charge on any atom is 0.338 e. The summed E-state index contributed by atoms with van der Waals surface area (Å²) in [6.07, 6.45) is 0. The monoisotopic (exact) mass is 367 g/mol. The van der Waals surface area contributed by atoms with E-state index in [2.05, 4.69) is 10.6 Å². The summed E-state index contributed by atoms with van der Waals surface area (Å²) < 4.78 is 4.91. The third kappa shape index (κ3) is 3.50. The highest BCUT2D eigenvalue weighted by molar-refractivity contribution is 6.04. The van der Waals surface area contributed by atoms with Crippen molar-refractivity contribution >= 4 is 23.4 Å². The van der Waals surface area contributed by atoms with E-state index in [0.29, 0.717) is 22.4 Å². The molecule has 0 aliphatic carbocycles. The molecule has 0 saturated carbocycles. The minimum Gasteiger partial charge on any atom is -0.466 e. The van der Waals surface area contributed by atoms with E-state index in [1.54, 1.807) is 43.3 Å². The van der Waals surface area contributed by atoms with Crippen molar-refractivity contribution in [1.29, 1.82) is 0 Å².